The molecule has 0 aliphatic heterocycles. The van der Waals surface area contributed by atoms with Crippen molar-refractivity contribution in [2.45, 2.75) is 51.2 Å². The summed E-state index contributed by atoms with van der Waals surface area (Å²) in [7, 11) is 0. The van der Waals surface area contributed by atoms with Crippen molar-refractivity contribution < 1.29 is 9.53 Å². The van der Waals surface area contributed by atoms with Crippen LogP contribution >= 0.6 is 11.8 Å². The molecule has 1 unspecified atom stereocenters. The van der Waals surface area contributed by atoms with Crippen LogP contribution in [0.4, 0.5) is 5.82 Å². The molecule has 2 rings (SSSR count). The van der Waals surface area contributed by atoms with Gasteiger partial charge in [-0.1, -0.05) is 32.0 Å². The van der Waals surface area contributed by atoms with Crippen LogP contribution in [0.15, 0.2) is 11.4 Å². The summed E-state index contributed by atoms with van der Waals surface area (Å²) >= 11 is 1.46. The van der Waals surface area contributed by atoms with E-state index < -0.39 is 0 Å². The molecule has 1 aromatic heterocycles. The minimum absolute atomic E-state index is 0.205. The van der Waals surface area contributed by atoms with Crippen molar-refractivity contribution in [3.05, 3.63) is 11.8 Å². The third-order valence-electron chi connectivity index (χ3n) is 4.01. The predicted octanol–water partition coefficient (Wildman–Crippen LogP) is 3.37. The largest absolute Gasteiger partial charge is 0.462 e. The summed E-state index contributed by atoms with van der Waals surface area (Å²) in [6, 6.07) is 0.315. The summed E-state index contributed by atoms with van der Waals surface area (Å²) in [5.41, 5.74) is 0.619. The van der Waals surface area contributed by atoms with Crippen molar-refractivity contribution in [3.8, 4) is 0 Å². The maximum absolute atomic E-state index is 12.1. The molecule has 116 valence electrons. The second-order valence-corrected chi connectivity index (χ2v) is 6.69. The predicted molar refractivity (Wildman–Crippen MR) is 84.8 cm³/mol. The number of esters is 1. The fraction of sp³-hybridized carbons (Fsp3) is 0.667. The lowest BCUT2D eigenvalue weighted by atomic mass is 9.87. The zero-order valence-corrected chi connectivity index (χ0v) is 13.9. The highest BCUT2D eigenvalue weighted by Crippen LogP contribution is 2.39. The van der Waals surface area contributed by atoms with Crippen LogP contribution in [0.2, 0.25) is 0 Å². The molecule has 5 nitrogen and oxygen atoms in total. The first-order chi connectivity index (χ1) is 9.97. The standard InChI is InChI=1S/C15H23N3O2S/c1-5-20-13(19)10-9-16-14(21-4)18-12(10)17-11-7-6-8-15(11,2)3/h9,11H,5-8H2,1-4H3,(H,16,17,18). The number of aromatic nitrogens is 2. The minimum Gasteiger partial charge on any atom is -0.462 e. The Balaban J connectivity index is 2.28. The highest BCUT2D eigenvalue weighted by atomic mass is 32.2. The molecule has 0 bridgehead atoms. The number of nitrogens with zero attached hydrogens (tertiary/aromatic N) is 2. The molecule has 1 aliphatic carbocycles. The molecule has 1 aromatic rings. The third-order valence-corrected chi connectivity index (χ3v) is 4.57. The Hall–Kier alpha value is -1.30. The van der Waals surface area contributed by atoms with Crippen LogP contribution in [0.5, 0.6) is 0 Å². The number of thioether (sulfide) groups is 1. The molecule has 1 N–H and O–H groups in total. The maximum Gasteiger partial charge on any atom is 0.343 e. The number of rotatable bonds is 5. The van der Waals surface area contributed by atoms with E-state index in [0.717, 1.165) is 6.42 Å². The number of hydrogen-bond donors (Lipinski definition) is 1. The van der Waals surface area contributed by atoms with Gasteiger partial charge in [0.05, 0.1) is 6.61 Å². The highest BCUT2D eigenvalue weighted by molar-refractivity contribution is 7.98. The van der Waals surface area contributed by atoms with E-state index in [2.05, 4.69) is 29.1 Å². The summed E-state index contributed by atoms with van der Waals surface area (Å²) in [6.07, 6.45) is 6.94. The van der Waals surface area contributed by atoms with Gasteiger partial charge in [0.15, 0.2) is 5.16 Å². The lowest BCUT2D eigenvalue weighted by molar-refractivity contribution is 0.0526. The fourth-order valence-corrected chi connectivity index (χ4v) is 3.03. The van der Waals surface area contributed by atoms with Gasteiger partial charge in [0.2, 0.25) is 0 Å². The second kappa shape index (κ2) is 6.64. The molecule has 1 heterocycles. The van der Waals surface area contributed by atoms with Gasteiger partial charge in [-0.25, -0.2) is 14.8 Å². The van der Waals surface area contributed by atoms with Crippen LogP contribution in [0.1, 0.15) is 50.4 Å². The van der Waals surface area contributed by atoms with E-state index in [4.69, 9.17) is 4.74 Å². The Morgan fingerprint density at radius 2 is 2.33 bits per heavy atom. The topological polar surface area (TPSA) is 64.1 Å². The summed E-state index contributed by atoms with van der Waals surface area (Å²) in [6.45, 7) is 6.64. The van der Waals surface area contributed by atoms with Crippen LogP contribution in [-0.4, -0.2) is 34.8 Å². The summed E-state index contributed by atoms with van der Waals surface area (Å²) < 4.78 is 5.09. The lowest BCUT2D eigenvalue weighted by Gasteiger charge is -2.28. The molecule has 0 radical (unpaired) electrons. The van der Waals surface area contributed by atoms with E-state index in [-0.39, 0.29) is 11.4 Å². The van der Waals surface area contributed by atoms with Crippen LogP contribution in [-0.2, 0) is 4.74 Å². The number of carbonyl (C=O) groups is 1. The number of nitrogens with one attached hydrogen (secondary N) is 1. The van der Waals surface area contributed by atoms with Crippen molar-refractivity contribution in [2.75, 3.05) is 18.2 Å². The Morgan fingerprint density at radius 1 is 1.57 bits per heavy atom. The van der Waals surface area contributed by atoms with E-state index in [0.29, 0.717) is 29.2 Å². The summed E-state index contributed by atoms with van der Waals surface area (Å²) in [4.78, 5) is 20.7. The minimum atomic E-state index is -0.372. The average Bonchev–Trinajstić information content (AvgIpc) is 2.78. The lowest BCUT2D eigenvalue weighted by Crippen LogP contribution is -2.32. The Morgan fingerprint density at radius 3 is 2.90 bits per heavy atom. The van der Waals surface area contributed by atoms with Crippen LogP contribution in [0.25, 0.3) is 0 Å². The van der Waals surface area contributed by atoms with Gasteiger partial charge in [-0.05, 0) is 31.4 Å². The molecule has 1 fully saturated rings. The molecule has 1 aliphatic rings. The quantitative estimate of drug-likeness (QED) is 0.511. The SMILES string of the molecule is CCOC(=O)c1cnc(SC)nc1NC1CCCC1(C)C. The van der Waals surface area contributed by atoms with E-state index in [1.165, 1.54) is 24.6 Å². The van der Waals surface area contributed by atoms with Crippen molar-refractivity contribution in [1.29, 1.82) is 0 Å². The number of anilines is 1. The molecule has 0 saturated heterocycles. The number of hydrogen-bond acceptors (Lipinski definition) is 6. The van der Waals surface area contributed by atoms with E-state index in [9.17, 15) is 4.79 Å². The van der Waals surface area contributed by atoms with Gasteiger partial charge in [-0.2, -0.15) is 0 Å². The van der Waals surface area contributed by atoms with E-state index in [1.807, 2.05) is 6.26 Å². The maximum atomic E-state index is 12.1. The van der Waals surface area contributed by atoms with Gasteiger partial charge in [0, 0.05) is 12.2 Å². The summed E-state index contributed by atoms with van der Waals surface area (Å²) in [5.74, 6) is 0.219. The first-order valence-electron chi connectivity index (χ1n) is 7.32. The molecule has 0 spiro atoms. The van der Waals surface area contributed by atoms with Crippen molar-refractivity contribution in [1.82, 2.24) is 9.97 Å². The van der Waals surface area contributed by atoms with Crippen LogP contribution in [0, 0.1) is 5.41 Å². The van der Waals surface area contributed by atoms with Gasteiger partial charge < -0.3 is 10.1 Å². The van der Waals surface area contributed by atoms with Gasteiger partial charge in [0.25, 0.3) is 0 Å². The smallest absolute Gasteiger partial charge is 0.343 e. The van der Waals surface area contributed by atoms with Gasteiger partial charge in [0.1, 0.15) is 11.4 Å². The molecule has 6 heteroatoms. The zero-order chi connectivity index (χ0) is 15.5. The van der Waals surface area contributed by atoms with E-state index >= 15 is 0 Å². The molecular weight excluding hydrogens is 286 g/mol. The first-order valence-corrected chi connectivity index (χ1v) is 8.55. The van der Waals surface area contributed by atoms with Gasteiger partial charge >= 0.3 is 5.97 Å². The first kappa shape index (κ1) is 16.1. The fourth-order valence-electron chi connectivity index (χ4n) is 2.69. The van der Waals surface area contributed by atoms with Gasteiger partial charge in [-0.15, -0.1) is 0 Å². The molecule has 0 amide bonds. The normalized spacial score (nSPS) is 20.3. The Bertz CT molecular complexity index is 520. The Kier molecular flexibility index (Phi) is 5.08. The van der Waals surface area contributed by atoms with Crippen molar-refractivity contribution >= 4 is 23.5 Å². The zero-order valence-electron chi connectivity index (χ0n) is 13.1. The van der Waals surface area contributed by atoms with Gasteiger partial charge in [-0.3, -0.25) is 0 Å². The number of carbonyl (C=O) groups excluding carboxylic acids is 1. The molecular formula is C15H23N3O2S. The molecule has 21 heavy (non-hydrogen) atoms. The Labute approximate surface area is 130 Å². The molecule has 0 aromatic carbocycles. The monoisotopic (exact) mass is 309 g/mol. The van der Waals surface area contributed by atoms with Crippen LogP contribution in [0.3, 0.4) is 0 Å². The number of ether oxygens (including phenoxy) is 1. The van der Waals surface area contributed by atoms with Crippen molar-refractivity contribution in [2.24, 2.45) is 5.41 Å². The second-order valence-electron chi connectivity index (χ2n) is 5.92. The van der Waals surface area contributed by atoms with Crippen LogP contribution < -0.4 is 5.32 Å². The van der Waals surface area contributed by atoms with Crippen molar-refractivity contribution in [3.63, 3.8) is 0 Å². The summed E-state index contributed by atoms with van der Waals surface area (Å²) in [5, 5.41) is 4.10. The third kappa shape index (κ3) is 3.67. The van der Waals surface area contributed by atoms with E-state index in [1.54, 1.807) is 13.1 Å². The highest BCUT2D eigenvalue weighted by Gasteiger charge is 2.35. The molecule has 1 saturated carbocycles. The molecule has 1 atom stereocenters. The average molecular weight is 309 g/mol.